The largest absolute Gasteiger partial charge is 0.416 e. The molecule has 1 amide bonds. The zero-order valence-corrected chi connectivity index (χ0v) is 16.5. The van der Waals surface area contributed by atoms with Gasteiger partial charge in [0.15, 0.2) is 11.5 Å². The maximum absolute atomic E-state index is 12.7. The van der Waals surface area contributed by atoms with Crippen LogP contribution in [0.1, 0.15) is 35.3 Å². The molecule has 158 valence electrons. The molecule has 29 heavy (non-hydrogen) atoms. The zero-order valence-electron chi connectivity index (χ0n) is 15.8. The van der Waals surface area contributed by atoms with Gasteiger partial charge in [0.1, 0.15) is 5.02 Å². The van der Waals surface area contributed by atoms with Crippen LogP contribution in [0.5, 0.6) is 0 Å². The minimum atomic E-state index is -4.45. The highest BCUT2D eigenvalue weighted by Crippen LogP contribution is 2.34. The molecule has 0 aliphatic heterocycles. The van der Waals surface area contributed by atoms with Gasteiger partial charge in [0.25, 0.3) is 5.91 Å². The van der Waals surface area contributed by atoms with E-state index in [-0.39, 0.29) is 40.3 Å². The molecule has 10 heteroatoms. The number of halogens is 4. The van der Waals surface area contributed by atoms with Gasteiger partial charge in [-0.25, -0.2) is 0 Å². The second kappa shape index (κ2) is 8.73. The first-order valence-corrected chi connectivity index (χ1v) is 9.30. The fraction of sp³-hybridized carbons (Fsp3) is 0.474. The van der Waals surface area contributed by atoms with E-state index in [9.17, 15) is 18.0 Å². The van der Waals surface area contributed by atoms with Crippen LogP contribution < -0.4 is 5.32 Å². The van der Waals surface area contributed by atoms with Crippen molar-refractivity contribution >= 4 is 17.5 Å². The molecule has 1 fully saturated rings. The van der Waals surface area contributed by atoms with Gasteiger partial charge in [-0.15, -0.1) is 0 Å². The first kappa shape index (κ1) is 21.6. The molecule has 0 bridgehead atoms. The number of methoxy groups -OCH3 is 2. The predicted octanol–water partition coefficient (Wildman–Crippen LogP) is 4.33. The first-order chi connectivity index (χ1) is 13.7. The summed E-state index contributed by atoms with van der Waals surface area (Å²) in [5.74, 6) is -0.507. The number of ether oxygens (including phenoxy) is 2. The summed E-state index contributed by atoms with van der Waals surface area (Å²) in [5.41, 5.74) is -0.645. The average molecular weight is 433 g/mol. The van der Waals surface area contributed by atoms with Crippen LogP contribution in [-0.4, -0.2) is 43.5 Å². The molecule has 0 radical (unpaired) electrons. The third-order valence-corrected chi connectivity index (χ3v) is 5.30. The van der Waals surface area contributed by atoms with E-state index in [2.05, 4.69) is 10.5 Å². The lowest BCUT2D eigenvalue weighted by Crippen LogP contribution is -2.45. The van der Waals surface area contributed by atoms with Gasteiger partial charge < -0.3 is 19.3 Å². The standard InChI is InChI=1S/C19H20ClF3N2O4/c1-27-13-7-12(8-14(9-13)28-2)24-18(26)16-15(20)17(29-25-16)10-3-5-11(6-4-10)19(21,22)23/h3-6,12-14H,7-9H2,1-2H3,(H,24,26)/t12?,13-,14+. The van der Waals surface area contributed by atoms with E-state index >= 15 is 0 Å². The van der Waals surface area contributed by atoms with Crippen molar-refractivity contribution in [3.8, 4) is 11.3 Å². The number of carbonyl (C=O) groups is 1. The number of hydrogen-bond acceptors (Lipinski definition) is 5. The Kier molecular flexibility index (Phi) is 6.50. The molecule has 1 aromatic heterocycles. The fourth-order valence-electron chi connectivity index (χ4n) is 3.38. The number of carbonyl (C=O) groups excluding carboxylic acids is 1. The Labute approximate surface area is 170 Å². The number of benzene rings is 1. The van der Waals surface area contributed by atoms with Crippen molar-refractivity contribution in [2.24, 2.45) is 0 Å². The van der Waals surface area contributed by atoms with E-state index in [1.165, 1.54) is 12.1 Å². The molecule has 1 aliphatic carbocycles. The molecule has 3 rings (SSSR count). The first-order valence-electron chi connectivity index (χ1n) is 8.92. The number of amides is 1. The Morgan fingerprint density at radius 1 is 1.14 bits per heavy atom. The molecule has 1 aliphatic rings. The van der Waals surface area contributed by atoms with Crippen LogP contribution in [0.15, 0.2) is 28.8 Å². The Morgan fingerprint density at radius 2 is 1.72 bits per heavy atom. The van der Waals surface area contributed by atoms with Crippen molar-refractivity contribution in [1.82, 2.24) is 10.5 Å². The zero-order chi connectivity index (χ0) is 21.2. The normalized spacial score (nSPS) is 22.5. The highest BCUT2D eigenvalue weighted by molar-refractivity contribution is 6.35. The smallest absolute Gasteiger partial charge is 0.381 e. The fourth-order valence-corrected chi connectivity index (χ4v) is 3.65. The third-order valence-electron chi connectivity index (χ3n) is 4.95. The predicted molar refractivity (Wildman–Crippen MR) is 98.7 cm³/mol. The monoisotopic (exact) mass is 432 g/mol. The summed E-state index contributed by atoms with van der Waals surface area (Å²) in [4.78, 5) is 12.6. The van der Waals surface area contributed by atoms with Crippen molar-refractivity contribution < 1.29 is 32.0 Å². The molecule has 1 aromatic carbocycles. The SMILES string of the molecule is CO[C@@H]1CC(NC(=O)c2noc(-c3ccc(C(F)(F)F)cc3)c2Cl)C[C@H](OC)C1. The lowest BCUT2D eigenvalue weighted by atomic mass is 9.90. The van der Waals surface area contributed by atoms with Crippen molar-refractivity contribution in [3.63, 3.8) is 0 Å². The van der Waals surface area contributed by atoms with Gasteiger partial charge in [-0.1, -0.05) is 28.9 Å². The Morgan fingerprint density at radius 3 is 2.24 bits per heavy atom. The minimum absolute atomic E-state index is 0.0266. The van der Waals surface area contributed by atoms with E-state index in [0.29, 0.717) is 12.8 Å². The molecule has 0 saturated heterocycles. The highest BCUT2D eigenvalue weighted by atomic mass is 35.5. The van der Waals surface area contributed by atoms with E-state index in [1.807, 2.05) is 0 Å². The minimum Gasteiger partial charge on any atom is -0.381 e. The summed E-state index contributed by atoms with van der Waals surface area (Å²) >= 11 is 6.22. The third kappa shape index (κ3) is 4.91. The summed E-state index contributed by atoms with van der Waals surface area (Å²) in [6.45, 7) is 0. The molecule has 2 aromatic rings. The number of hydrogen-bond donors (Lipinski definition) is 1. The number of rotatable bonds is 5. The van der Waals surface area contributed by atoms with Gasteiger partial charge in [-0.05, 0) is 31.4 Å². The molecule has 3 atom stereocenters. The molecule has 1 N–H and O–H groups in total. The average Bonchev–Trinajstić information content (AvgIpc) is 3.08. The number of aromatic nitrogens is 1. The van der Waals surface area contributed by atoms with Crippen LogP contribution in [0.25, 0.3) is 11.3 Å². The Hall–Kier alpha value is -2.10. The topological polar surface area (TPSA) is 73.6 Å². The van der Waals surface area contributed by atoms with Crippen molar-refractivity contribution in [2.45, 2.75) is 43.7 Å². The van der Waals surface area contributed by atoms with Gasteiger partial charge in [-0.2, -0.15) is 13.2 Å². The summed E-state index contributed by atoms with van der Waals surface area (Å²) in [6.07, 6.45) is -2.58. The van der Waals surface area contributed by atoms with Gasteiger partial charge in [0, 0.05) is 25.8 Å². The molecule has 6 nitrogen and oxygen atoms in total. The molecule has 1 saturated carbocycles. The van der Waals surface area contributed by atoms with Crippen LogP contribution >= 0.6 is 11.6 Å². The van der Waals surface area contributed by atoms with E-state index in [1.54, 1.807) is 14.2 Å². The lowest BCUT2D eigenvalue weighted by molar-refractivity contribution is -0.137. The molecular weight excluding hydrogens is 413 g/mol. The van der Waals surface area contributed by atoms with Crippen molar-refractivity contribution in [1.29, 1.82) is 0 Å². The van der Waals surface area contributed by atoms with Crippen LogP contribution in [0, 0.1) is 0 Å². The number of alkyl halides is 3. The highest BCUT2D eigenvalue weighted by Gasteiger charge is 2.32. The number of nitrogens with zero attached hydrogens (tertiary/aromatic N) is 1. The lowest BCUT2D eigenvalue weighted by Gasteiger charge is -2.33. The van der Waals surface area contributed by atoms with E-state index in [0.717, 1.165) is 18.6 Å². The van der Waals surface area contributed by atoms with Crippen molar-refractivity contribution in [2.75, 3.05) is 14.2 Å². The quantitative estimate of drug-likeness (QED) is 0.761. The Balaban J connectivity index is 1.74. The molecule has 0 spiro atoms. The number of nitrogens with one attached hydrogen (secondary N) is 1. The Bertz CT molecular complexity index is 842. The van der Waals surface area contributed by atoms with Crippen LogP contribution in [0.4, 0.5) is 13.2 Å². The maximum atomic E-state index is 12.7. The molecular formula is C19H20ClF3N2O4. The van der Waals surface area contributed by atoms with Gasteiger partial charge in [0.2, 0.25) is 0 Å². The maximum Gasteiger partial charge on any atom is 0.416 e. The van der Waals surface area contributed by atoms with Crippen LogP contribution in [0.3, 0.4) is 0 Å². The summed E-state index contributed by atoms with van der Waals surface area (Å²) in [7, 11) is 3.21. The molecule has 1 heterocycles. The summed E-state index contributed by atoms with van der Waals surface area (Å²) < 4.78 is 54.0. The second-order valence-electron chi connectivity index (χ2n) is 6.84. The van der Waals surface area contributed by atoms with Gasteiger partial charge in [0.05, 0.1) is 17.8 Å². The van der Waals surface area contributed by atoms with Crippen LogP contribution in [0.2, 0.25) is 5.02 Å². The second-order valence-corrected chi connectivity index (χ2v) is 7.22. The van der Waals surface area contributed by atoms with E-state index < -0.39 is 17.6 Å². The summed E-state index contributed by atoms with van der Waals surface area (Å²) in [5, 5.41) is 6.48. The van der Waals surface area contributed by atoms with Gasteiger partial charge in [-0.3, -0.25) is 4.79 Å². The van der Waals surface area contributed by atoms with Crippen molar-refractivity contribution in [3.05, 3.63) is 40.5 Å². The molecule has 1 unspecified atom stereocenters. The van der Waals surface area contributed by atoms with E-state index in [4.69, 9.17) is 25.6 Å². The summed E-state index contributed by atoms with van der Waals surface area (Å²) in [6, 6.07) is 4.04. The van der Waals surface area contributed by atoms with Crippen LogP contribution in [-0.2, 0) is 15.7 Å². The van der Waals surface area contributed by atoms with Gasteiger partial charge >= 0.3 is 6.18 Å².